The van der Waals surface area contributed by atoms with Crippen molar-refractivity contribution in [3.63, 3.8) is 0 Å². The van der Waals surface area contributed by atoms with Gasteiger partial charge in [0, 0.05) is 38.3 Å². The van der Waals surface area contributed by atoms with Crippen LogP contribution in [-0.4, -0.2) is 64.5 Å². The van der Waals surface area contributed by atoms with Gasteiger partial charge in [-0.2, -0.15) is 22.0 Å². The van der Waals surface area contributed by atoms with Crippen LogP contribution in [0, 0.1) is 0 Å². The Bertz CT molecular complexity index is 1010. The Hall–Kier alpha value is -2.79. The topological polar surface area (TPSA) is 53.0 Å². The summed E-state index contributed by atoms with van der Waals surface area (Å²) in [6, 6.07) is 12.6. The number of benzene rings is 2. The number of hydrogen-bond acceptors (Lipinski definition) is 4. The minimum atomic E-state index is -5.73. The van der Waals surface area contributed by atoms with E-state index in [1.54, 1.807) is 24.3 Å². The summed E-state index contributed by atoms with van der Waals surface area (Å²) in [6.45, 7) is 2.87. The third-order valence-corrected chi connectivity index (χ3v) is 6.20. The molecule has 1 N–H and O–H groups in total. The molecule has 184 valence electrons. The fourth-order valence-corrected chi connectivity index (χ4v) is 4.50. The number of ether oxygens (including phenoxy) is 1. The molecule has 0 amide bonds. The Balaban J connectivity index is 1.29. The quantitative estimate of drug-likeness (QED) is 0.546. The van der Waals surface area contributed by atoms with E-state index in [4.69, 9.17) is 5.11 Å². The molecule has 2 aliphatic rings. The van der Waals surface area contributed by atoms with Crippen LogP contribution in [-0.2, 0) is 13.1 Å². The molecule has 0 aliphatic carbocycles. The number of carboxylic acids is 1. The lowest BCUT2D eigenvalue weighted by Gasteiger charge is -2.34. The summed E-state index contributed by atoms with van der Waals surface area (Å²) in [4.78, 5) is 15.6. The first-order valence-electron chi connectivity index (χ1n) is 10.6. The van der Waals surface area contributed by atoms with Gasteiger partial charge in [0.15, 0.2) is 0 Å². The highest BCUT2D eigenvalue weighted by Gasteiger charge is 2.59. The molecule has 0 radical (unpaired) electrons. The average Bonchev–Trinajstić information content (AvgIpc) is 3.34. The molecule has 2 heterocycles. The van der Waals surface area contributed by atoms with E-state index < -0.39 is 30.2 Å². The number of hydrogen-bond donors (Lipinski definition) is 1. The summed E-state index contributed by atoms with van der Waals surface area (Å²) in [5.41, 5.74) is 2.03. The van der Waals surface area contributed by atoms with Gasteiger partial charge in [0.1, 0.15) is 5.75 Å². The van der Waals surface area contributed by atoms with Crippen molar-refractivity contribution in [3.8, 4) is 5.75 Å². The van der Waals surface area contributed by atoms with Crippen molar-refractivity contribution in [1.29, 1.82) is 0 Å². The van der Waals surface area contributed by atoms with Crippen molar-refractivity contribution in [2.24, 2.45) is 0 Å². The van der Waals surface area contributed by atoms with Gasteiger partial charge in [-0.25, -0.2) is 9.18 Å². The average molecular weight is 488 g/mol. The van der Waals surface area contributed by atoms with Crippen molar-refractivity contribution in [2.45, 2.75) is 50.1 Å². The first-order valence-corrected chi connectivity index (χ1v) is 10.6. The summed E-state index contributed by atoms with van der Waals surface area (Å²) >= 11 is 0. The second kappa shape index (κ2) is 9.10. The second-order valence-corrected chi connectivity index (χ2v) is 8.62. The summed E-state index contributed by atoms with van der Waals surface area (Å²) in [6.07, 6.45) is -14.2. The molecular formula is C23H22F6N2O3. The van der Waals surface area contributed by atoms with Gasteiger partial charge >= 0.3 is 18.3 Å². The summed E-state index contributed by atoms with van der Waals surface area (Å²) < 4.78 is 80.5. The molecular weight excluding hydrogens is 466 g/mol. The molecule has 2 saturated heterocycles. The van der Waals surface area contributed by atoms with Crippen molar-refractivity contribution < 1.29 is 41.0 Å². The molecule has 0 spiro atoms. The zero-order valence-electron chi connectivity index (χ0n) is 17.8. The first-order chi connectivity index (χ1) is 15.9. The van der Waals surface area contributed by atoms with Crippen molar-refractivity contribution in [2.75, 3.05) is 13.1 Å². The summed E-state index contributed by atoms with van der Waals surface area (Å²) in [7, 11) is 0. The van der Waals surface area contributed by atoms with Crippen LogP contribution in [0.2, 0.25) is 0 Å². The van der Waals surface area contributed by atoms with E-state index in [-0.39, 0.29) is 5.56 Å². The maximum Gasteiger partial charge on any atom is 0.439 e. The van der Waals surface area contributed by atoms with E-state index in [1.165, 1.54) is 12.1 Å². The van der Waals surface area contributed by atoms with Gasteiger partial charge in [0.25, 0.3) is 6.17 Å². The monoisotopic (exact) mass is 488 g/mol. The highest BCUT2D eigenvalue weighted by atomic mass is 19.4. The Morgan fingerprint density at radius 1 is 0.912 bits per heavy atom. The minimum absolute atomic E-state index is 0.239. The van der Waals surface area contributed by atoms with Gasteiger partial charge < -0.3 is 9.84 Å². The number of halogens is 6. The molecule has 1 unspecified atom stereocenters. The molecule has 2 bridgehead atoms. The molecule has 2 aromatic rings. The van der Waals surface area contributed by atoms with Crippen LogP contribution in [0.15, 0.2) is 48.5 Å². The zero-order chi connectivity index (χ0) is 24.7. The largest absolute Gasteiger partial charge is 0.478 e. The molecule has 2 aliphatic heterocycles. The number of piperazine rings is 1. The molecule has 34 heavy (non-hydrogen) atoms. The van der Waals surface area contributed by atoms with Crippen LogP contribution in [0.25, 0.3) is 0 Å². The fourth-order valence-electron chi connectivity index (χ4n) is 4.50. The highest BCUT2D eigenvalue weighted by Crippen LogP contribution is 2.37. The van der Waals surface area contributed by atoms with Gasteiger partial charge in [0.05, 0.1) is 5.56 Å². The van der Waals surface area contributed by atoms with Gasteiger partial charge in [-0.3, -0.25) is 9.80 Å². The third-order valence-electron chi connectivity index (χ3n) is 6.20. The molecule has 11 heteroatoms. The second-order valence-electron chi connectivity index (χ2n) is 8.62. The molecule has 2 fully saturated rings. The number of aromatic carboxylic acids is 1. The molecule has 3 atom stereocenters. The highest BCUT2D eigenvalue weighted by molar-refractivity contribution is 5.87. The lowest BCUT2D eigenvalue weighted by atomic mass is 10.1. The predicted octanol–water partition coefficient (Wildman–Crippen LogP) is 4.72. The Morgan fingerprint density at radius 2 is 1.38 bits per heavy atom. The van der Waals surface area contributed by atoms with E-state index >= 15 is 0 Å². The number of carbonyl (C=O) groups is 1. The van der Waals surface area contributed by atoms with Gasteiger partial charge in [-0.05, 0) is 41.8 Å². The zero-order valence-corrected chi connectivity index (χ0v) is 17.8. The number of rotatable bonds is 8. The van der Waals surface area contributed by atoms with Crippen LogP contribution in [0.4, 0.5) is 26.3 Å². The Kier molecular flexibility index (Phi) is 6.52. The molecule has 4 rings (SSSR count). The number of nitrogens with zero attached hydrogens (tertiary/aromatic N) is 2. The number of alkyl halides is 6. The normalized spacial score (nSPS) is 22.2. The number of carboxylic acid groups (broad SMARTS) is 1. The molecule has 5 nitrogen and oxygen atoms in total. The number of likely N-dealkylation sites (tertiary alicyclic amines) is 2. The van der Waals surface area contributed by atoms with Gasteiger partial charge in [0.2, 0.25) is 0 Å². The van der Waals surface area contributed by atoms with Gasteiger partial charge in [-0.15, -0.1) is 0 Å². The Labute approximate surface area is 191 Å². The fraction of sp³-hybridized carbons (Fsp3) is 0.435. The smallest absolute Gasteiger partial charge is 0.439 e. The predicted molar refractivity (Wildman–Crippen MR) is 109 cm³/mol. The Morgan fingerprint density at radius 3 is 1.79 bits per heavy atom. The van der Waals surface area contributed by atoms with E-state index in [2.05, 4.69) is 14.5 Å². The standard InChI is InChI=1S/C23H22F6N2O3/c24-21(22(25,26)27)23(28,29)34-19-7-3-15(4-8-19)11-31-13-17-9-18(31)12-30(17)10-14-1-5-16(6-2-14)20(32)33/h1-8,17-18,21H,9-13H2,(H,32,33)/t17-,18-,21?/m0/s1. The van der Waals surface area contributed by atoms with Gasteiger partial charge in [-0.1, -0.05) is 24.3 Å². The van der Waals surface area contributed by atoms with Crippen LogP contribution in [0.5, 0.6) is 5.75 Å². The van der Waals surface area contributed by atoms with Crippen molar-refractivity contribution >= 4 is 5.97 Å². The van der Waals surface area contributed by atoms with Crippen LogP contribution in [0.3, 0.4) is 0 Å². The molecule has 2 aromatic carbocycles. The van der Waals surface area contributed by atoms with E-state index in [0.717, 1.165) is 42.8 Å². The van der Waals surface area contributed by atoms with E-state index in [0.29, 0.717) is 25.2 Å². The van der Waals surface area contributed by atoms with E-state index in [9.17, 15) is 31.1 Å². The van der Waals surface area contributed by atoms with E-state index in [1.807, 2.05) is 0 Å². The van der Waals surface area contributed by atoms with Crippen molar-refractivity contribution in [3.05, 3.63) is 65.2 Å². The maximum atomic E-state index is 13.4. The lowest BCUT2D eigenvalue weighted by Crippen LogP contribution is -2.45. The van der Waals surface area contributed by atoms with Crippen LogP contribution in [0.1, 0.15) is 27.9 Å². The van der Waals surface area contributed by atoms with Crippen LogP contribution >= 0.6 is 0 Å². The number of fused-ring (bicyclic) bond motifs is 2. The molecule has 0 saturated carbocycles. The minimum Gasteiger partial charge on any atom is -0.478 e. The SMILES string of the molecule is O=C(O)c1ccc(CN2C[C@@H]3C[C@H]2CN3Cc2ccc(OC(F)(F)C(F)C(F)(F)F)cc2)cc1. The lowest BCUT2D eigenvalue weighted by molar-refractivity contribution is -0.304. The third kappa shape index (κ3) is 5.30. The van der Waals surface area contributed by atoms with Crippen molar-refractivity contribution in [1.82, 2.24) is 9.80 Å². The van der Waals surface area contributed by atoms with Crippen LogP contribution < -0.4 is 4.74 Å². The maximum absolute atomic E-state index is 13.4. The first kappa shape index (κ1) is 24.3. The summed E-state index contributed by atoms with van der Waals surface area (Å²) in [5.74, 6) is -1.52. The summed E-state index contributed by atoms with van der Waals surface area (Å²) in [5, 5.41) is 9.00. The molecule has 0 aromatic heterocycles.